The Morgan fingerprint density at radius 3 is 2.43 bits per heavy atom. The minimum Gasteiger partial charge on any atom is -0.347 e. The molecule has 1 saturated carbocycles. The van der Waals surface area contributed by atoms with Crippen molar-refractivity contribution in [1.29, 1.82) is 0 Å². The molecule has 3 aromatic carbocycles. The lowest BCUT2D eigenvalue weighted by Crippen LogP contribution is -2.41. The highest BCUT2D eigenvalue weighted by Gasteiger charge is 2.55. The highest BCUT2D eigenvalue weighted by Crippen LogP contribution is 2.53. The van der Waals surface area contributed by atoms with Crippen LogP contribution in [-0.4, -0.2) is 30.4 Å². The summed E-state index contributed by atoms with van der Waals surface area (Å²) in [5, 5.41) is 5.67. The van der Waals surface area contributed by atoms with Crippen LogP contribution in [0.3, 0.4) is 0 Å². The van der Waals surface area contributed by atoms with Gasteiger partial charge in [-0.25, -0.2) is 4.58 Å². The molecule has 2 aliphatic heterocycles. The molecule has 2 heterocycles. The van der Waals surface area contributed by atoms with Gasteiger partial charge in [0.2, 0.25) is 0 Å². The molecule has 8 rings (SSSR count). The van der Waals surface area contributed by atoms with Crippen molar-refractivity contribution in [3.8, 4) is 0 Å². The monoisotopic (exact) mass is 701 g/mol. The summed E-state index contributed by atoms with van der Waals surface area (Å²) in [6.45, 7) is 12.1. The Morgan fingerprint density at radius 1 is 0.887 bits per heavy atom. The second kappa shape index (κ2) is 13.9. The van der Waals surface area contributed by atoms with Crippen LogP contribution in [0.1, 0.15) is 104 Å². The molecule has 5 aliphatic rings. The molecule has 1 spiro atoms. The molecule has 53 heavy (non-hydrogen) atoms. The summed E-state index contributed by atoms with van der Waals surface area (Å²) in [7, 11) is 4.63. The molecule has 2 heteroatoms. The van der Waals surface area contributed by atoms with Crippen LogP contribution in [0, 0.1) is 16.7 Å². The van der Waals surface area contributed by atoms with Crippen LogP contribution in [0.15, 0.2) is 120 Å². The summed E-state index contributed by atoms with van der Waals surface area (Å²) in [6, 6.07) is 23.2. The third-order valence-corrected chi connectivity index (χ3v) is 13.9. The molecule has 0 aromatic heterocycles. The van der Waals surface area contributed by atoms with Crippen molar-refractivity contribution in [3.63, 3.8) is 0 Å². The van der Waals surface area contributed by atoms with Gasteiger partial charge in [-0.05, 0) is 100 Å². The first-order valence-corrected chi connectivity index (χ1v) is 20.7. The van der Waals surface area contributed by atoms with Gasteiger partial charge in [0.1, 0.15) is 7.05 Å². The first-order chi connectivity index (χ1) is 25.5. The number of likely N-dealkylation sites (N-methyl/N-ethyl adjacent to an activating group) is 1. The van der Waals surface area contributed by atoms with Gasteiger partial charge in [-0.2, -0.15) is 0 Å². The maximum absolute atomic E-state index is 2.64. The van der Waals surface area contributed by atoms with E-state index in [1.54, 1.807) is 11.3 Å². The largest absolute Gasteiger partial charge is 0.347 e. The minimum atomic E-state index is -0.0224. The molecule has 3 atom stereocenters. The predicted octanol–water partition coefficient (Wildman–Crippen LogP) is 11.1. The quantitative estimate of drug-likeness (QED) is 0.232. The highest BCUT2D eigenvalue weighted by molar-refractivity contribution is 6.06. The number of hydrogen-bond donors (Lipinski definition) is 0. The second-order valence-corrected chi connectivity index (χ2v) is 18.1. The Labute approximate surface area is 319 Å². The summed E-state index contributed by atoms with van der Waals surface area (Å²) >= 11 is 0. The molecule has 2 nitrogen and oxygen atoms in total. The zero-order valence-corrected chi connectivity index (χ0v) is 33.5. The molecule has 1 fully saturated rings. The van der Waals surface area contributed by atoms with Crippen molar-refractivity contribution in [1.82, 2.24) is 0 Å². The van der Waals surface area contributed by atoms with E-state index in [0.29, 0.717) is 12.0 Å². The van der Waals surface area contributed by atoms with E-state index in [1.165, 1.54) is 81.4 Å². The molecule has 0 N–H and O–H groups in total. The van der Waals surface area contributed by atoms with Crippen LogP contribution in [0.25, 0.3) is 22.4 Å². The molecule has 3 unspecified atom stereocenters. The topological polar surface area (TPSA) is 6.25 Å². The predicted molar refractivity (Wildman–Crippen MR) is 228 cm³/mol. The lowest BCUT2D eigenvalue weighted by atomic mass is 9.64. The zero-order chi connectivity index (χ0) is 37.0. The molecule has 3 aromatic rings. The van der Waals surface area contributed by atoms with Gasteiger partial charge in [0.25, 0.3) is 0 Å². The lowest BCUT2D eigenvalue weighted by Gasteiger charge is -2.34. The van der Waals surface area contributed by atoms with Crippen LogP contribution in [0.4, 0.5) is 5.69 Å². The Balaban J connectivity index is 1.12. The van der Waals surface area contributed by atoms with Gasteiger partial charge in [0.15, 0.2) is 11.8 Å². The summed E-state index contributed by atoms with van der Waals surface area (Å²) < 4.78 is 2.64. The third-order valence-electron chi connectivity index (χ3n) is 13.9. The molecule has 3 aliphatic carbocycles. The average Bonchev–Trinajstić information content (AvgIpc) is 3.51. The van der Waals surface area contributed by atoms with Crippen molar-refractivity contribution in [2.75, 3.05) is 19.0 Å². The molecule has 274 valence electrons. The van der Waals surface area contributed by atoms with Gasteiger partial charge in [0.05, 0.1) is 5.41 Å². The molecule has 0 saturated heterocycles. The van der Waals surface area contributed by atoms with Gasteiger partial charge in [-0.3, -0.25) is 0 Å². The summed E-state index contributed by atoms with van der Waals surface area (Å²) in [5.41, 5.74) is 10.8. The molecule has 0 radical (unpaired) electrons. The van der Waals surface area contributed by atoms with Crippen LogP contribution in [-0.2, 0) is 5.41 Å². The smallest absolute Gasteiger partial charge is 0.186 e. The van der Waals surface area contributed by atoms with Gasteiger partial charge in [-0.1, -0.05) is 144 Å². The van der Waals surface area contributed by atoms with Crippen LogP contribution >= 0.6 is 0 Å². The third kappa shape index (κ3) is 6.15. The van der Waals surface area contributed by atoms with Crippen molar-refractivity contribution >= 4 is 33.8 Å². The van der Waals surface area contributed by atoms with Gasteiger partial charge >= 0.3 is 0 Å². The fourth-order valence-corrected chi connectivity index (χ4v) is 11.1. The minimum absolute atomic E-state index is 0.0224. The van der Waals surface area contributed by atoms with E-state index >= 15 is 0 Å². The van der Waals surface area contributed by atoms with E-state index in [-0.39, 0.29) is 16.2 Å². The SMILES string of the molecule is CCCC1(C)/C(=C\C=C\C2=CC(=C/C=C/C3=[N+](C)C4CC=c5ccccc5=C4C34CCCCC4)/CC(C(C)(C)C)C2)N(C)c2ccc3ccccc3c21. The highest BCUT2D eigenvalue weighted by atomic mass is 15.2. The van der Waals surface area contributed by atoms with Crippen molar-refractivity contribution in [2.24, 2.45) is 16.7 Å². The maximum Gasteiger partial charge on any atom is 0.186 e. The lowest BCUT2D eigenvalue weighted by molar-refractivity contribution is -0.515. The van der Waals surface area contributed by atoms with Crippen LogP contribution < -0.4 is 15.3 Å². The number of anilines is 1. The van der Waals surface area contributed by atoms with Crippen molar-refractivity contribution in [2.45, 2.75) is 110 Å². The molecule has 0 amide bonds. The van der Waals surface area contributed by atoms with Gasteiger partial charge in [-0.15, -0.1) is 0 Å². The fourth-order valence-electron chi connectivity index (χ4n) is 11.1. The first-order valence-electron chi connectivity index (χ1n) is 20.7. The number of benzene rings is 3. The summed E-state index contributed by atoms with van der Waals surface area (Å²) in [6.07, 6.45) is 31.7. The van der Waals surface area contributed by atoms with Crippen LogP contribution in [0.2, 0.25) is 0 Å². The van der Waals surface area contributed by atoms with E-state index in [0.717, 1.165) is 32.1 Å². The van der Waals surface area contributed by atoms with Gasteiger partial charge in [0, 0.05) is 41.9 Å². The van der Waals surface area contributed by atoms with E-state index < -0.39 is 0 Å². The Morgan fingerprint density at radius 2 is 1.64 bits per heavy atom. The average molecular weight is 702 g/mol. The standard InChI is InChI=1S/C51H61N2/c1-8-30-50(5)45(52(6)43-28-26-38-20-10-12-22-41(38)47(43)50)24-16-18-36-33-37(35-40(34-36)49(2,3)4)19-17-25-46-51(31-14-9-15-32-51)48-42-23-13-11-21-39(42)27-29-44(48)53(46)7/h10-13,16-28,33,40,44H,8-9,14-15,29-32,34-35H2,1-7H3/q+1. The van der Waals surface area contributed by atoms with Crippen LogP contribution in [0.5, 0.6) is 0 Å². The molecular weight excluding hydrogens is 641 g/mol. The van der Waals surface area contributed by atoms with E-state index in [1.807, 2.05) is 0 Å². The Hall–Kier alpha value is -4.17. The van der Waals surface area contributed by atoms with E-state index in [2.05, 4.69) is 167 Å². The maximum atomic E-state index is 2.64. The fraction of sp³-hybridized carbons (Fsp3) is 0.431. The van der Waals surface area contributed by atoms with Crippen molar-refractivity contribution < 1.29 is 4.58 Å². The van der Waals surface area contributed by atoms with E-state index in [4.69, 9.17) is 0 Å². The normalized spacial score (nSPS) is 27.0. The molecular formula is C51H61N2+. The summed E-state index contributed by atoms with van der Waals surface area (Å²) in [4.78, 5) is 2.45. The number of rotatable bonds is 6. The Bertz CT molecular complexity index is 2240. The summed E-state index contributed by atoms with van der Waals surface area (Å²) in [5.74, 6) is 0.603. The Kier molecular flexibility index (Phi) is 9.41. The molecule has 0 bridgehead atoms. The van der Waals surface area contributed by atoms with E-state index in [9.17, 15) is 0 Å². The number of fused-ring (bicyclic) bond motifs is 6. The zero-order valence-electron chi connectivity index (χ0n) is 33.5. The number of allylic oxidation sites excluding steroid dienone is 10. The second-order valence-electron chi connectivity index (χ2n) is 18.1. The number of nitrogens with zero attached hydrogens (tertiary/aromatic N) is 2. The van der Waals surface area contributed by atoms with Gasteiger partial charge < -0.3 is 4.90 Å². The van der Waals surface area contributed by atoms with Crippen molar-refractivity contribution in [3.05, 3.63) is 136 Å². The first kappa shape index (κ1) is 35.8. The number of hydrogen-bond acceptors (Lipinski definition) is 1.